The number of aromatic nitrogens is 1. The van der Waals surface area contributed by atoms with Gasteiger partial charge in [-0.1, -0.05) is 11.2 Å². The molecule has 4 nitrogen and oxygen atoms in total. The molecular weight excluding hydrogens is 260 g/mol. The molecule has 1 amide bonds. The van der Waals surface area contributed by atoms with Crippen molar-refractivity contribution >= 4 is 17.2 Å². The van der Waals surface area contributed by atoms with Gasteiger partial charge in [0, 0.05) is 23.5 Å². The normalized spacial score (nSPS) is 14.6. The minimum Gasteiger partial charge on any atom is -0.361 e. The van der Waals surface area contributed by atoms with Crippen LogP contribution in [0.15, 0.2) is 28.1 Å². The molecule has 0 aromatic carbocycles. The second-order valence-corrected chi connectivity index (χ2v) is 5.91. The summed E-state index contributed by atoms with van der Waals surface area (Å²) in [7, 11) is 0. The molecule has 0 aliphatic heterocycles. The van der Waals surface area contributed by atoms with E-state index in [2.05, 4.69) is 16.6 Å². The highest BCUT2D eigenvalue weighted by Crippen LogP contribution is 2.28. The topological polar surface area (TPSA) is 46.3 Å². The predicted molar refractivity (Wildman–Crippen MR) is 73.3 cm³/mol. The molecule has 0 spiro atoms. The lowest BCUT2D eigenvalue weighted by atomic mass is 10.2. The van der Waals surface area contributed by atoms with Gasteiger partial charge in [0.1, 0.15) is 5.76 Å². The van der Waals surface area contributed by atoms with Crippen molar-refractivity contribution < 1.29 is 9.32 Å². The van der Waals surface area contributed by atoms with Crippen molar-refractivity contribution in [3.63, 3.8) is 0 Å². The summed E-state index contributed by atoms with van der Waals surface area (Å²) in [5.74, 6) is 0.674. The van der Waals surface area contributed by atoms with Crippen LogP contribution in [0.1, 0.15) is 34.0 Å². The Morgan fingerprint density at radius 1 is 1.58 bits per heavy atom. The van der Waals surface area contributed by atoms with Crippen LogP contribution in [0.2, 0.25) is 0 Å². The SMILES string of the molecule is Cc1cc(C(=O)N(CCc2cccs2)C2CC2)no1. The zero-order valence-corrected chi connectivity index (χ0v) is 11.7. The van der Waals surface area contributed by atoms with Gasteiger partial charge in [-0.2, -0.15) is 0 Å². The van der Waals surface area contributed by atoms with Crippen molar-refractivity contribution in [1.29, 1.82) is 0 Å². The van der Waals surface area contributed by atoms with Crippen molar-refractivity contribution in [1.82, 2.24) is 10.1 Å². The van der Waals surface area contributed by atoms with Crippen LogP contribution in [0.25, 0.3) is 0 Å². The maximum absolute atomic E-state index is 12.4. The summed E-state index contributed by atoms with van der Waals surface area (Å²) >= 11 is 1.74. The van der Waals surface area contributed by atoms with Crippen LogP contribution in [-0.4, -0.2) is 28.6 Å². The third-order valence-electron chi connectivity index (χ3n) is 3.27. The minimum absolute atomic E-state index is 0.00379. The molecule has 100 valence electrons. The molecule has 0 atom stereocenters. The third-order valence-corrected chi connectivity index (χ3v) is 4.21. The first-order chi connectivity index (χ1) is 9.24. The molecule has 2 aromatic rings. The van der Waals surface area contributed by atoms with Crippen LogP contribution in [0.3, 0.4) is 0 Å². The first-order valence-electron chi connectivity index (χ1n) is 6.51. The Balaban J connectivity index is 1.68. The number of thiophene rings is 1. The smallest absolute Gasteiger partial charge is 0.276 e. The Labute approximate surface area is 116 Å². The fourth-order valence-corrected chi connectivity index (χ4v) is 2.83. The Morgan fingerprint density at radius 3 is 3.00 bits per heavy atom. The Morgan fingerprint density at radius 2 is 2.42 bits per heavy atom. The quantitative estimate of drug-likeness (QED) is 0.843. The maximum atomic E-state index is 12.4. The fourth-order valence-electron chi connectivity index (χ4n) is 2.14. The minimum atomic E-state index is -0.00379. The largest absolute Gasteiger partial charge is 0.361 e. The van der Waals surface area contributed by atoms with Crippen LogP contribution in [-0.2, 0) is 6.42 Å². The molecule has 5 heteroatoms. The Bertz CT molecular complexity index is 558. The van der Waals surface area contributed by atoms with Gasteiger partial charge in [0.15, 0.2) is 5.69 Å². The molecule has 1 aliphatic carbocycles. The fraction of sp³-hybridized carbons (Fsp3) is 0.429. The molecule has 1 fully saturated rings. The first kappa shape index (κ1) is 12.4. The summed E-state index contributed by atoms with van der Waals surface area (Å²) in [5.41, 5.74) is 0.426. The van der Waals surface area contributed by atoms with Crippen molar-refractivity contribution in [2.75, 3.05) is 6.54 Å². The van der Waals surface area contributed by atoms with Crippen LogP contribution in [0, 0.1) is 6.92 Å². The number of carbonyl (C=O) groups is 1. The molecule has 0 N–H and O–H groups in total. The lowest BCUT2D eigenvalue weighted by Gasteiger charge is -2.20. The summed E-state index contributed by atoms with van der Waals surface area (Å²) in [5, 5.41) is 5.90. The summed E-state index contributed by atoms with van der Waals surface area (Å²) in [6.07, 6.45) is 3.12. The average Bonchev–Trinajstić information content (AvgIpc) is 2.92. The van der Waals surface area contributed by atoms with E-state index in [1.807, 2.05) is 11.0 Å². The number of rotatable bonds is 5. The van der Waals surface area contributed by atoms with E-state index in [0.717, 1.165) is 25.8 Å². The van der Waals surface area contributed by atoms with Gasteiger partial charge in [-0.05, 0) is 37.6 Å². The van der Waals surface area contributed by atoms with Gasteiger partial charge in [0.2, 0.25) is 0 Å². The standard InChI is InChI=1S/C14H16N2O2S/c1-10-9-13(15-18-10)14(17)16(11-4-5-11)7-6-12-3-2-8-19-12/h2-3,8-9,11H,4-7H2,1H3. The maximum Gasteiger partial charge on any atom is 0.276 e. The van der Waals surface area contributed by atoms with E-state index in [-0.39, 0.29) is 5.91 Å². The van der Waals surface area contributed by atoms with Crippen LogP contribution >= 0.6 is 11.3 Å². The first-order valence-corrected chi connectivity index (χ1v) is 7.38. The molecule has 19 heavy (non-hydrogen) atoms. The molecule has 1 aliphatic rings. The van der Waals surface area contributed by atoms with E-state index in [0.29, 0.717) is 17.5 Å². The third kappa shape index (κ3) is 2.87. The van der Waals surface area contributed by atoms with Crippen LogP contribution in [0.5, 0.6) is 0 Å². The highest BCUT2D eigenvalue weighted by atomic mass is 32.1. The van der Waals surface area contributed by atoms with Crippen LogP contribution in [0.4, 0.5) is 0 Å². The lowest BCUT2D eigenvalue weighted by Crippen LogP contribution is -2.35. The number of hydrogen-bond donors (Lipinski definition) is 0. The molecule has 0 radical (unpaired) electrons. The van der Waals surface area contributed by atoms with Gasteiger partial charge >= 0.3 is 0 Å². The van der Waals surface area contributed by atoms with Crippen molar-refractivity contribution in [2.24, 2.45) is 0 Å². The molecular formula is C14H16N2O2S. The second kappa shape index (κ2) is 5.17. The highest BCUT2D eigenvalue weighted by molar-refractivity contribution is 7.09. The zero-order valence-electron chi connectivity index (χ0n) is 10.8. The van der Waals surface area contributed by atoms with E-state index >= 15 is 0 Å². The lowest BCUT2D eigenvalue weighted by molar-refractivity contribution is 0.0735. The van der Waals surface area contributed by atoms with Crippen molar-refractivity contribution in [3.8, 4) is 0 Å². The van der Waals surface area contributed by atoms with E-state index in [1.165, 1.54) is 4.88 Å². The van der Waals surface area contributed by atoms with Gasteiger partial charge in [-0.15, -0.1) is 11.3 Å². The molecule has 0 unspecified atom stereocenters. The second-order valence-electron chi connectivity index (χ2n) is 4.88. The molecule has 2 aromatic heterocycles. The summed E-state index contributed by atoms with van der Waals surface area (Å²) in [6, 6.07) is 6.26. The van der Waals surface area contributed by atoms with E-state index in [1.54, 1.807) is 24.3 Å². The summed E-state index contributed by atoms with van der Waals surface area (Å²) in [4.78, 5) is 15.7. The van der Waals surface area contributed by atoms with E-state index < -0.39 is 0 Å². The Hall–Kier alpha value is -1.62. The summed E-state index contributed by atoms with van der Waals surface area (Å²) < 4.78 is 4.99. The van der Waals surface area contributed by atoms with Gasteiger partial charge in [-0.25, -0.2) is 0 Å². The molecule has 3 rings (SSSR count). The van der Waals surface area contributed by atoms with Crippen LogP contribution < -0.4 is 0 Å². The van der Waals surface area contributed by atoms with Gasteiger partial charge in [0.25, 0.3) is 5.91 Å². The highest BCUT2D eigenvalue weighted by Gasteiger charge is 2.33. The molecule has 0 saturated heterocycles. The number of carbonyl (C=O) groups excluding carboxylic acids is 1. The molecule has 0 bridgehead atoms. The number of aryl methyl sites for hydroxylation is 1. The molecule has 1 saturated carbocycles. The zero-order chi connectivity index (χ0) is 13.2. The van der Waals surface area contributed by atoms with Crippen molar-refractivity contribution in [2.45, 2.75) is 32.2 Å². The van der Waals surface area contributed by atoms with Crippen molar-refractivity contribution in [3.05, 3.63) is 39.9 Å². The average molecular weight is 276 g/mol. The number of nitrogens with zero attached hydrogens (tertiary/aromatic N) is 2. The van der Waals surface area contributed by atoms with E-state index in [9.17, 15) is 4.79 Å². The van der Waals surface area contributed by atoms with Gasteiger partial charge in [-0.3, -0.25) is 4.79 Å². The van der Waals surface area contributed by atoms with E-state index in [4.69, 9.17) is 4.52 Å². The van der Waals surface area contributed by atoms with Gasteiger partial charge < -0.3 is 9.42 Å². The Kier molecular flexibility index (Phi) is 3.38. The number of amides is 1. The summed E-state index contributed by atoms with van der Waals surface area (Å²) in [6.45, 7) is 2.56. The monoisotopic (exact) mass is 276 g/mol. The van der Waals surface area contributed by atoms with Gasteiger partial charge in [0.05, 0.1) is 0 Å². The molecule has 2 heterocycles. The number of hydrogen-bond acceptors (Lipinski definition) is 4. The predicted octanol–water partition coefficient (Wildman–Crippen LogP) is 2.89.